The molecule has 1 atom stereocenters. The summed E-state index contributed by atoms with van der Waals surface area (Å²) >= 11 is 0. The molecule has 5 heteroatoms. The van der Waals surface area contributed by atoms with Crippen LogP contribution in [0.25, 0.3) is 0 Å². The Morgan fingerprint density at radius 1 is 1.39 bits per heavy atom. The van der Waals surface area contributed by atoms with Crippen molar-refractivity contribution in [2.45, 2.75) is 25.3 Å². The molecular weight excluding hydrogens is 234 g/mol. The molecule has 0 aromatic heterocycles. The zero-order chi connectivity index (χ0) is 13.2. The molecule has 1 amide bonds. The van der Waals surface area contributed by atoms with E-state index in [2.05, 4.69) is 5.32 Å². The molecule has 1 aliphatic heterocycles. The minimum atomic E-state index is -0.487. The molecule has 18 heavy (non-hydrogen) atoms. The van der Waals surface area contributed by atoms with Gasteiger partial charge in [0.1, 0.15) is 17.1 Å². The molecule has 3 N–H and O–H groups in total. The van der Waals surface area contributed by atoms with Gasteiger partial charge in [-0.1, -0.05) is 6.07 Å². The van der Waals surface area contributed by atoms with Crippen molar-refractivity contribution in [2.75, 3.05) is 13.2 Å². The van der Waals surface area contributed by atoms with Crippen LogP contribution in [0.2, 0.25) is 0 Å². The number of hydrogen-bond acceptors (Lipinski definition) is 4. The number of phenols is 2. The second kappa shape index (κ2) is 4.86. The minimum Gasteiger partial charge on any atom is -0.507 e. The number of ether oxygens (including phenoxy) is 1. The maximum Gasteiger partial charge on any atom is 0.259 e. The molecule has 1 aliphatic rings. The van der Waals surface area contributed by atoms with Gasteiger partial charge in [0.15, 0.2) is 0 Å². The van der Waals surface area contributed by atoms with Crippen LogP contribution in [0.15, 0.2) is 18.2 Å². The molecule has 0 saturated carbocycles. The van der Waals surface area contributed by atoms with E-state index in [1.54, 1.807) is 0 Å². The van der Waals surface area contributed by atoms with Crippen LogP contribution in [-0.2, 0) is 4.74 Å². The van der Waals surface area contributed by atoms with Crippen molar-refractivity contribution >= 4 is 5.91 Å². The number of nitrogens with one attached hydrogen (secondary N) is 1. The Hall–Kier alpha value is -1.75. The van der Waals surface area contributed by atoms with E-state index >= 15 is 0 Å². The second-order valence-corrected chi connectivity index (χ2v) is 4.84. The lowest BCUT2D eigenvalue weighted by Crippen LogP contribution is -2.51. The molecule has 1 unspecified atom stereocenters. The quantitative estimate of drug-likeness (QED) is 0.742. The third kappa shape index (κ3) is 2.56. The largest absolute Gasteiger partial charge is 0.507 e. The Morgan fingerprint density at radius 3 is 2.61 bits per heavy atom. The van der Waals surface area contributed by atoms with Crippen molar-refractivity contribution in [3.05, 3.63) is 23.8 Å². The van der Waals surface area contributed by atoms with Gasteiger partial charge in [-0.15, -0.1) is 0 Å². The summed E-state index contributed by atoms with van der Waals surface area (Å²) in [5.41, 5.74) is -0.548. The Morgan fingerprint density at radius 2 is 2.06 bits per heavy atom. The second-order valence-electron chi connectivity index (χ2n) is 4.84. The molecule has 0 aliphatic carbocycles. The van der Waals surface area contributed by atoms with Crippen LogP contribution in [-0.4, -0.2) is 34.9 Å². The average molecular weight is 251 g/mol. The van der Waals surface area contributed by atoms with Gasteiger partial charge < -0.3 is 20.3 Å². The van der Waals surface area contributed by atoms with E-state index in [1.165, 1.54) is 18.2 Å². The average Bonchev–Trinajstić information content (AvgIpc) is 2.28. The summed E-state index contributed by atoms with van der Waals surface area (Å²) in [4.78, 5) is 12.1. The van der Waals surface area contributed by atoms with Crippen molar-refractivity contribution in [1.29, 1.82) is 0 Å². The van der Waals surface area contributed by atoms with Gasteiger partial charge >= 0.3 is 0 Å². The maximum absolute atomic E-state index is 12.1. The standard InChI is InChI=1S/C13H17NO4/c1-13(6-3-7-18-8-13)14-12(17)11-9(15)4-2-5-10(11)16/h2,4-5,15-16H,3,6-8H2,1H3,(H,14,17). The summed E-state index contributed by atoms with van der Waals surface area (Å²) in [5, 5.41) is 22.1. The molecule has 0 spiro atoms. The highest BCUT2D eigenvalue weighted by molar-refractivity contribution is 5.99. The van der Waals surface area contributed by atoms with Gasteiger partial charge in [0.05, 0.1) is 12.1 Å². The fourth-order valence-electron chi connectivity index (χ4n) is 2.13. The number of phenolic OH excluding ortho intramolecular Hbond substituents is 2. The Bertz CT molecular complexity index is 432. The molecule has 1 aromatic rings. The first-order valence-corrected chi connectivity index (χ1v) is 5.93. The molecule has 98 valence electrons. The van der Waals surface area contributed by atoms with E-state index in [0.29, 0.717) is 13.2 Å². The van der Waals surface area contributed by atoms with E-state index in [9.17, 15) is 15.0 Å². The predicted octanol–water partition coefficient (Wildman–Crippen LogP) is 1.40. The summed E-state index contributed by atoms with van der Waals surface area (Å²) in [7, 11) is 0. The van der Waals surface area contributed by atoms with Crippen LogP contribution in [0, 0.1) is 0 Å². The van der Waals surface area contributed by atoms with Gasteiger partial charge in [-0.2, -0.15) is 0 Å². The molecule has 1 heterocycles. The Kier molecular flexibility index (Phi) is 3.43. The highest BCUT2D eigenvalue weighted by atomic mass is 16.5. The number of amides is 1. The van der Waals surface area contributed by atoms with E-state index in [-0.39, 0.29) is 17.1 Å². The van der Waals surface area contributed by atoms with Crippen LogP contribution in [0.3, 0.4) is 0 Å². The molecule has 1 saturated heterocycles. The normalized spacial score (nSPS) is 23.6. The zero-order valence-corrected chi connectivity index (χ0v) is 10.3. The summed E-state index contributed by atoms with van der Waals surface area (Å²) in [6, 6.07) is 4.22. The monoisotopic (exact) mass is 251 g/mol. The van der Waals surface area contributed by atoms with Crippen molar-refractivity contribution in [3.8, 4) is 11.5 Å². The zero-order valence-electron chi connectivity index (χ0n) is 10.3. The fourth-order valence-corrected chi connectivity index (χ4v) is 2.13. The summed E-state index contributed by atoms with van der Waals surface area (Å²) in [6.07, 6.45) is 1.69. The third-order valence-electron chi connectivity index (χ3n) is 3.10. The van der Waals surface area contributed by atoms with Crippen LogP contribution in [0.4, 0.5) is 0 Å². The number of rotatable bonds is 2. The SMILES string of the molecule is CC1(NC(=O)c2c(O)cccc2O)CCCOC1. The lowest BCUT2D eigenvalue weighted by atomic mass is 9.94. The van der Waals surface area contributed by atoms with Gasteiger partial charge in [0.25, 0.3) is 5.91 Å². The van der Waals surface area contributed by atoms with Gasteiger partial charge in [0.2, 0.25) is 0 Å². The van der Waals surface area contributed by atoms with Gasteiger partial charge in [-0.25, -0.2) is 0 Å². The Balaban J connectivity index is 2.17. The van der Waals surface area contributed by atoms with Crippen molar-refractivity contribution in [1.82, 2.24) is 5.32 Å². The topological polar surface area (TPSA) is 78.8 Å². The number of hydrogen-bond donors (Lipinski definition) is 3. The first-order valence-electron chi connectivity index (χ1n) is 5.93. The molecule has 0 radical (unpaired) electrons. The van der Waals surface area contributed by atoms with E-state index in [0.717, 1.165) is 12.8 Å². The van der Waals surface area contributed by atoms with Gasteiger partial charge in [0, 0.05) is 6.61 Å². The molecular formula is C13H17NO4. The van der Waals surface area contributed by atoms with Crippen LogP contribution >= 0.6 is 0 Å². The smallest absolute Gasteiger partial charge is 0.259 e. The number of benzene rings is 1. The summed E-state index contributed by atoms with van der Waals surface area (Å²) in [5.74, 6) is -0.945. The minimum absolute atomic E-state index is 0.0932. The Labute approximate surface area is 105 Å². The molecule has 1 aromatic carbocycles. The molecule has 1 fully saturated rings. The van der Waals surface area contributed by atoms with E-state index < -0.39 is 11.4 Å². The predicted molar refractivity (Wildman–Crippen MR) is 65.7 cm³/mol. The van der Waals surface area contributed by atoms with Crippen LogP contribution in [0.1, 0.15) is 30.1 Å². The summed E-state index contributed by atoms with van der Waals surface area (Å²) < 4.78 is 5.34. The molecule has 2 rings (SSSR count). The number of aromatic hydroxyl groups is 2. The van der Waals surface area contributed by atoms with Crippen LogP contribution in [0.5, 0.6) is 11.5 Å². The first kappa shape index (κ1) is 12.7. The highest BCUT2D eigenvalue weighted by Crippen LogP contribution is 2.27. The first-order chi connectivity index (χ1) is 8.52. The van der Waals surface area contributed by atoms with Crippen molar-refractivity contribution < 1.29 is 19.7 Å². The highest BCUT2D eigenvalue weighted by Gasteiger charge is 2.31. The van der Waals surface area contributed by atoms with Crippen molar-refractivity contribution in [2.24, 2.45) is 0 Å². The molecule has 5 nitrogen and oxygen atoms in total. The van der Waals surface area contributed by atoms with Gasteiger partial charge in [-0.05, 0) is 31.9 Å². The molecule has 0 bridgehead atoms. The number of carbonyl (C=O) groups excluding carboxylic acids is 1. The van der Waals surface area contributed by atoms with Gasteiger partial charge in [-0.3, -0.25) is 4.79 Å². The summed E-state index contributed by atoms with van der Waals surface area (Å²) in [6.45, 7) is 3.03. The third-order valence-corrected chi connectivity index (χ3v) is 3.10. The fraction of sp³-hybridized carbons (Fsp3) is 0.462. The maximum atomic E-state index is 12.1. The van der Waals surface area contributed by atoms with E-state index in [1.807, 2.05) is 6.92 Å². The lowest BCUT2D eigenvalue weighted by Gasteiger charge is -2.34. The van der Waals surface area contributed by atoms with Crippen LogP contribution < -0.4 is 5.32 Å². The van der Waals surface area contributed by atoms with Crippen molar-refractivity contribution in [3.63, 3.8) is 0 Å². The number of carbonyl (C=O) groups is 1. The van der Waals surface area contributed by atoms with E-state index in [4.69, 9.17) is 4.74 Å². The lowest BCUT2D eigenvalue weighted by molar-refractivity contribution is 0.0271.